The minimum atomic E-state index is 0.671. The molecular weight excluding hydrogens is 204 g/mol. The lowest BCUT2D eigenvalue weighted by Crippen LogP contribution is -2.19. The molecule has 1 unspecified atom stereocenters. The topological polar surface area (TPSA) is 15.6 Å². The number of amidine groups is 1. The van der Waals surface area contributed by atoms with E-state index in [1.807, 2.05) is 17.8 Å². The first-order valence-electron chi connectivity index (χ1n) is 5.22. The molecule has 15 heavy (non-hydrogen) atoms. The lowest BCUT2D eigenvalue weighted by Gasteiger charge is -2.09. The Morgan fingerprint density at radius 2 is 2.13 bits per heavy atom. The first-order chi connectivity index (χ1) is 7.25. The fourth-order valence-electron chi connectivity index (χ4n) is 1.67. The van der Waals surface area contributed by atoms with Crippen LogP contribution in [-0.4, -0.2) is 28.9 Å². The Kier molecular flexibility index (Phi) is 3.31. The van der Waals surface area contributed by atoms with Crippen molar-refractivity contribution in [1.29, 1.82) is 0 Å². The zero-order valence-electron chi connectivity index (χ0n) is 9.18. The van der Waals surface area contributed by atoms with Crippen molar-refractivity contribution >= 4 is 16.9 Å². The van der Waals surface area contributed by atoms with Crippen LogP contribution in [0.3, 0.4) is 0 Å². The van der Waals surface area contributed by atoms with Crippen molar-refractivity contribution in [1.82, 2.24) is 4.90 Å². The molecule has 0 N–H and O–H groups in total. The van der Waals surface area contributed by atoms with Gasteiger partial charge in [0.15, 0.2) is 5.17 Å². The fraction of sp³-hybridized carbons (Fsp3) is 0.417. The smallest absolute Gasteiger partial charge is 0.159 e. The number of aliphatic imine (C=N–C) groups is 1. The van der Waals surface area contributed by atoms with E-state index in [4.69, 9.17) is 0 Å². The summed E-state index contributed by atoms with van der Waals surface area (Å²) in [5.41, 5.74) is 1.28. The van der Waals surface area contributed by atoms with Crippen LogP contribution in [0.25, 0.3) is 0 Å². The van der Waals surface area contributed by atoms with Crippen molar-refractivity contribution in [2.75, 3.05) is 13.6 Å². The second kappa shape index (κ2) is 4.71. The SMILES string of the molecule is CC1CN(C)C(=NCc2ccccc2)S1. The highest BCUT2D eigenvalue weighted by atomic mass is 32.2. The van der Waals surface area contributed by atoms with E-state index >= 15 is 0 Å². The molecule has 1 saturated heterocycles. The van der Waals surface area contributed by atoms with Crippen molar-refractivity contribution in [3.8, 4) is 0 Å². The number of hydrogen-bond acceptors (Lipinski definition) is 2. The van der Waals surface area contributed by atoms with Crippen LogP contribution in [0.4, 0.5) is 0 Å². The molecule has 1 aliphatic rings. The van der Waals surface area contributed by atoms with Crippen molar-refractivity contribution < 1.29 is 0 Å². The fourth-order valence-corrected chi connectivity index (χ4v) is 2.72. The number of nitrogens with zero attached hydrogens (tertiary/aromatic N) is 2. The van der Waals surface area contributed by atoms with Crippen LogP contribution < -0.4 is 0 Å². The molecule has 1 heterocycles. The van der Waals surface area contributed by atoms with Gasteiger partial charge >= 0.3 is 0 Å². The van der Waals surface area contributed by atoms with Gasteiger partial charge in [0.25, 0.3) is 0 Å². The summed E-state index contributed by atoms with van der Waals surface area (Å²) >= 11 is 1.87. The molecule has 80 valence electrons. The van der Waals surface area contributed by atoms with Crippen molar-refractivity contribution in [3.63, 3.8) is 0 Å². The molecule has 1 fully saturated rings. The van der Waals surface area contributed by atoms with Gasteiger partial charge in [-0.2, -0.15) is 0 Å². The van der Waals surface area contributed by atoms with Gasteiger partial charge in [0, 0.05) is 18.8 Å². The quantitative estimate of drug-likeness (QED) is 0.761. The van der Waals surface area contributed by atoms with Crippen molar-refractivity contribution in [2.24, 2.45) is 4.99 Å². The van der Waals surface area contributed by atoms with Crippen LogP contribution >= 0.6 is 11.8 Å². The van der Waals surface area contributed by atoms with Crippen molar-refractivity contribution in [3.05, 3.63) is 35.9 Å². The van der Waals surface area contributed by atoms with Gasteiger partial charge < -0.3 is 4.90 Å². The van der Waals surface area contributed by atoms with Gasteiger partial charge in [-0.25, -0.2) is 0 Å². The summed E-state index contributed by atoms with van der Waals surface area (Å²) in [6.07, 6.45) is 0. The largest absolute Gasteiger partial charge is 0.353 e. The second-order valence-electron chi connectivity index (χ2n) is 3.89. The molecule has 0 aliphatic carbocycles. The molecule has 0 bridgehead atoms. The third-order valence-corrected chi connectivity index (χ3v) is 3.61. The second-order valence-corrected chi connectivity index (χ2v) is 5.30. The lowest BCUT2D eigenvalue weighted by atomic mass is 10.2. The van der Waals surface area contributed by atoms with Crippen LogP contribution in [-0.2, 0) is 6.54 Å². The molecule has 0 aromatic heterocycles. The van der Waals surface area contributed by atoms with Crippen LogP contribution in [0.5, 0.6) is 0 Å². The number of hydrogen-bond donors (Lipinski definition) is 0. The standard InChI is InChI=1S/C12H16N2S/c1-10-9-14(2)12(15-10)13-8-11-6-4-3-5-7-11/h3-7,10H,8-9H2,1-2H3. The summed E-state index contributed by atoms with van der Waals surface area (Å²) < 4.78 is 0. The summed E-state index contributed by atoms with van der Waals surface area (Å²) in [5, 5.41) is 1.84. The monoisotopic (exact) mass is 220 g/mol. The predicted molar refractivity (Wildman–Crippen MR) is 67.3 cm³/mol. The molecule has 1 aliphatic heterocycles. The van der Waals surface area contributed by atoms with E-state index in [2.05, 4.69) is 48.1 Å². The Bertz CT molecular complexity index is 348. The molecule has 0 radical (unpaired) electrons. The average Bonchev–Trinajstić information content (AvgIpc) is 2.56. The molecule has 2 nitrogen and oxygen atoms in total. The molecule has 1 aromatic rings. The van der Waals surface area contributed by atoms with Gasteiger partial charge in [0.05, 0.1) is 6.54 Å². The molecule has 1 atom stereocenters. The summed E-state index contributed by atoms with van der Waals surface area (Å²) in [5.74, 6) is 0. The van der Waals surface area contributed by atoms with E-state index in [-0.39, 0.29) is 0 Å². The third kappa shape index (κ3) is 2.75. The number of benzene rings is 1. The molecule has 1 aromatic carbocycles. The summed E-state index contributed by atoms with van der Waals surface area (Å²) in [6, 6.07) is 10.4. The molecular formula is C12H16N2S. The Labute approximate surface area is 95.4 Å². The maximum atomic E-state index is 4.63. The Balaban J connectivity index is 2.00. The molecule has 0 amide bonds. The zero-order chi connectivity index (χ0) is 10.7. The summed E-state index contributed by atoms with van der Waals surface area (Å²) in [6.45, 7) is 4.14. The molecule has 0 saturated carbocycles. The van der Waals surface area contributed by atoms with Gasteiger partial charge in [-0.05, 0) is 5.56 Å². The summed E-state index contributed by atoms with van der Waals surface area (Å²) in [7, 11) is 2.11. The van der Waals surface area contributed by atoms with Gasteiger partial charge in [-0.3, -0.25) is 4.99 Å². The highest BCUT2D eigenvalue weighted by Crippen LogP contribution is 2.24. The Morgan fingerprint density at radius 1 is 1.40 bits per heavy atom. The Hall–Kier alpha value is -0.960. The average molecular weight is 220 g/mol. The van der Waals surface area contributed by atoms with Crippen molar-refractivity contribution in [2.45, 2.75) is 18.7 Å². The van der Waals surface area contributed by atoms with E-state index in [0.29, 0.717) is 5.25 Å². The van der Waals surface area contributed by atoms with Crippen LogP contribution in [0.15, 0.2) is 35.3 Å². The van der Waals surface area contributed by atoms with Gasteiger partial charge in [-0.15, -0.1) is 0 Å². The third-order valence-electron chi connectivity index (χ3n) is 2.40. The lowest BCUT2D eigenvalue weighted by molar-refractivity contribution is 0.530. The van der Waals surface area contributed by atoms with Gasteiger partial charge in [0.1, 0.15) is 0 Å². The van der Waals surface area contributed by atoms with E-state index in [0.717, 1.165) is 13.1 Å². The first kappa shape index (κ1) is 10.6. The highest BCUT2D eigenvalue weighted by molar-refractivity contribution is 8.14. The normalized spacial score (nSPS) is 23.7. The van der Waals surface area contributed by atoms with Gasteiger partial charge in [0.2, 0.25) is 0 Å². The Morgan fingerprint density at radius 3 is 2.73 bits per heavy atom. The number of thioether (sulfide) groups is 1. The van der Waals surface area contributed by atoms with E-state index in [9.17, 15) is 0 Å². The zero-order valence-corrected chi connectivity index (χ0v) is 10.00. The summed E-state index contributed by atoms with van der Waals surface area (Å²) in [4.78, 5) is 6.86. The van der Waals surface area contributed by atoms with E-state index in [1.165, 1.54) is 10.7 Å². The first-order valence-corrected chi connectivity index (χ1v) is 6.10. The van der Waals surface area contributed by atoms with Crippen LogP contribution in [0.1, 0.15) is 12.5 Å². The number of rotatable bonds is 2. The minimum Gasteiger partial charge on any atom is -0.353 e. The van der Waals surface area contributed by atoms with Crippen LogP contribution in [0.2, 0.25) is 0 Å². The van der Waals surface area contributed by atoms with E-state index < -0.39 is 0 Å². The minimum absolute atomic E-state index is 0.671. The maximum Gasteiger partial charge on any atom is 0.159 e. The molecule has 2 rings (SSSR count). The van der Waals surface area contributed by atoms with Gasteiger partial charge in [-0.1, -0.05) is 49.0 Å². The van der Waals surface area contributed by atoms with E-state index in [1.54, 1.807) is 0 Å². The maximum absolute atomic E-state index is 4.63. The highest BCUT2D eigenvalue weighted by Gasteiger charge is 2.21. The molecule has 0 spiro atoms. The predicted octanol–water partition coefficient (Wildman–Crippen LogP) is 2.61. The molecule has 3 heteroatoms. The van der Waals surface area contributed by atoms with Crippen LogP contribution in [0, 0.1) is 0 Å².